The molecule has 0 saturated heterocycles. The van der Waals surface area contributed by atoms with Gasteiger partial charge in [-0.1, -0.05) is 0 Å². The molecule has 0 unspecified atom stereocenters. The van der Waals surface area contributed by atoms with E-state index in [0.717, 1.165) is 5.75 Å². The Kier molecular flexibility index (Phi) is 7.26. The van der Waals surface area contributed by atoms with Crippen LogP contribution in [0.2, 0.25) is 0 Å². The molecule has 0 aliphatic heterocycles. The highest BCUT2D eigenvalue weighted by molar-refractivity contribution is 7.93. The summed E-state index contributed by atoms with van der Waals surface area (Å²) in [6, 6.07) is 13.2. The molecule has 3 rings (SSSR count). The number of thiazole rings is 1. The molecule has 10 heteroatoms. The molecule has 1 amide bonds. The minimum absolute atomic E-state index is 0.0867. The van der Waals surface area contributed by atoms with Crippen molar-refractivity contribution in [3.05, 3.63) is 60.1 Å². The minimum atomic E-state index is -3.72. The van der Waals surface area contributed by atoms with E-state index in [9.17, 15) is 13.2 Å². The van der Waals surface area contributed by atoms with Gasteiger partial charge in [-0.2, -0.15) is 0 Å². The van der Waals surface area contributed by atoms with Gasteiger partial charge in [-0.25, -0.2) is 13.4 Å². The van der Waals surface area contributed by atoms with Crippen LogP contribution in [0.25, 0.3) is 0 Å². The zero-order valence-electron chi connectivity index (χ0n) is 16.2. The Balaban J connectivity index is 1.43. The molecule has 1 heterocycles. The molecule has 0 aliphatic carbocycles. The van der Waals surface area contributed by atoms with Crippen molar-refractivity contribution >= 4 is 38.1 Å². The number of methoxy groups -OCH3 is 1. The number of benzene rings is 2. The number of hydrogen-bond donors (Lipinski definition) is 2. The third kappa shape index (κ3) is 6.19. The maximum absolute atomic E-state index is 12.3. The Hall–Kier alpha value is -3.11. The molecule has 2 N–H and O–H groups in total. The summed E-state index contributed by atoms with van der Waals surface area (Å²) in [5.74, 6) is 1.28. The van der Waals surface area contributed by atoms with Crippen LogP contribution < -0.4 is 19.5 Å². The molecule has 0 radical (unpaired) electrons. The van der Waals surface area contributed by atoms with Gasteiger partial charge in [0.05, 0.1) is 18.6 Å². The lowest BCUT2D eigenvalue weighted by atomic mass is 10.2. The number of rotatable bonds is 10. The molecule has 0 atom stereocenters. The fourth-order valence-corrected chi connectivity index (χ4v) is 4.27. The van der Waals surface area contributed by atoms with Crippen molar-refractivity contribution in [2.24, 2.45) is 0 Å². The molecule has 0 saturated carbocycles. The van der Waals surface area contributed by atoms with Gasteiger partial charge in [0.25, 0.3) is 10.0 Å². The molecule has 8 nitrogen and oxygen atoms in total. The maximum atomic E-state index is 12.3. The molecule has 0 spiro atoms. The number of nitrogens with zero attached hydrogens (tertiary/aromatic N) is 1. The first-order chi connectivity index (χ1) is 14.5. The lowest BCUT2D eigenvalue weighted by Crippen LogP contribution is -2.14. The first-order valence-electron chi connectivity index (χ1n) is 9.05. The topological polar surface area (TPSA) is 107 Å². The van der Waals surface area contributed by atoms with Crippen molar-refractivity contribution in [3.8, 4) is 11.5 Å². The molecule has 3 aromatic rings. The maximum Gasteiger partial charge on any atom is 0.263 e. The van der Waals surface area contributed by atoms with E-state index in [1.807, 2.05) is 0 Å². The van der Waals surface area contributed by atoms with Crippen LogP contribution in [0.3, 0.4) is 0 Å². The number of sulfonamides is 1. The number of hydrogen-bond acceptors (Lipinski definition) is 7. The molecular weight excluding hydrogens is 426 g/mol. The molecule has 158 valence electrons. The number of carbonyl (C=O) groups excluding carboxylic acids is 1. The van der Waals surface area contributed by atoms with Gasteiger partial charge >= 0.3 is 0 Å². The van der Waals surface area contributed by atoms with Crippen LogP contribution in [0.4, 0.5) is 10.8 Å². The lowest BCUT2D eigenvalue weighted by molar-refractivity contribution is -0.116. The fraction of sp³-hybridized carbons (Fsp3) is 0.200. The molecule has 0 aliphatic rings. The number of nitrogens with one attached hydrogen (secondary N) is 2. The Morgan fingerprint density at radius 3 is 2.40 bits per heavy atom. The highest BCUT2D eigenvalue weighted by Crippen LogP contribution is 2.20. The Bertz CT molecular complexity index is 1050. The molecule has 2 aromatic carbocycles. The predicted octanol–water partition coefficient (Wildman–Crippen LogP) is 3.75. The van der Waals surface area contributed by atoms with Crippen molar-refractivity contribution in [2.75, 3.05) is 23.8 Å². The van der Waals surface area contributed by atoms with E-state index >= 15 is 0 Å². The second-order valence-electron chi connectivity index (χ2n) is 6.14. The van der Waals surface area contributed by atoms with Gasteiger partial charge in [-0.15, -0.1) is 11.3 Å². The Labute approximate surface area is 178 Å². The van der Waals surface area contributed by atoms with E-state index < -0.39 is 10.0 Å². The van der Waals surface area contributed by atoms with Crippen molar-refractivity contribution in [2.45, 2.75) is 17.7 Å². The quantitative estimate of drug-likeness (QED) is 0.459. The standard InChI is InChI=1S/C20H21N3O5S2/c1-27-16-6-8-17(9-7-16)28-13-2-3-19(24)22-15-4-10-18(11-5-15)30(25,26)23-20-21-12-14-29-20/h4-12,14H,2-3,13H2,1H3,(H,21,23)(H,22,24). The third-order valence-electron chi connectivity index (χ3n) is 3.98. The summed E-state index contributed by atoms with van der Waals surface area (Å²) in [5, 5.41) is 4.72. The van der Waals surface area contributed by atoms with Gasteiger partial charge in [0.2, 0.25) is 5.91 Å². The fourth-order valence-electron chi connectivity index (χ4n) is 2.48. The molecular formula is C20H21N3O5S2. The summed E-state index contributed by atoms with van der Waals surface area (Å²) in [6.45, 7) is 0.402. The summed E-state index contributed by atoms with van der Waals surface area (Å²) in [5.41, 5.74) is 0.518. The third-order valence-corrected chi connectivity index (χ3v) is 6.15. The van der Waals surface area contributed by atoms with Gasteiger partial charge < -0.3 is 14.8 Å². The number of aromatic nitrogens is 1. The smallest absolute Gasteiger partial charge is 0.263 e. The van der Waals surface area contributed by atoms with Crippen LogP contribution >= 0.6 is 11.3 Å². The van der Waals surface area contributed by atoms with E-state index in [4.69, 9.17) is 9.47 Å². The van der Waals surface area contributed by atoms with Gasteiger partial charge in [-0.05, 0) is 55.0 Å². The Morgan fingerprint density at radius 1 is 1.07 bits per heavy atom. The average molecular weight is 448 g/mol. The lowest BCUT2D eigenvalue weighted by Gasteiger charge is -2.09. The van der Waals surface area contributed by atoms with Gasteiger partial charge in [0.1, 0.15) is 11.5 Å². The zero-order chi connectivity index (χ0) is 21.4. The molecule has 30 heavy (non-hydrogen) atoms. The monoisotopic (exact) mass is 447 g/mol. The van der Waals surface area contributed by atoms with Crippen LogP contribution in [-0.4, -0.2) is 33.0 Å². The zero-order valence-corrected chi connectivity index (χ0v) is 17.8. The van der Waals surface area contributed by atoms with Crippen LogP contribution in [0.15, 0.2) is 65.0 Å². The summed E-state index contributed by atoms with van der Waals surface area (Å²) in [7, 11) is -2.12. The van der Waals surface area contributed by atoms with Gasteiger partial charge in [0.15, 0.2) is 5.13 Å². The largest absolute Gasteiger partial charge is 0.497 e. The summed E-state index contributed by atoms with van der Waals surface area (Å²) in [6.07, 6.45) is 2.34. The minimum Gasteiger partial charge on any atom is -0.497 e. The number of amides is 1. The van der Waals surface area contributed by atoms with E-state index in [1.54, 1.807) is 48.9 Å². The normalized spacial score (nSPS) is 11.0. The van der Waals surface area contributed by atoms with E-state index in [-0.39, 0.29) is 17.2 Å². The molecule has 1 aromatic heterocycles. The number of carbonyl (C=O) groups is 1. The van der Waals surface area contributed by atoms with Gasteiger partial charge in [-0.3, -0.25) is 9.52 Å². The van der Waals surface area contributed by atoms with E-state index in [2.05, 4.69) is 15.0 Å². The van der Waals surface area contributed by atoms with Crippen LogP contribution in [0.1, 0.15) is 12.8 Å². The van der Waals surface area contributed by atoms with Crippen molar-refractivity contribution in [1.82, 2.24) is 4.98 Å². The first kappa shape index (κ1) is 21.6. The van der Waals surface area contributed by atoms with Crippen LogP contribution in [0, 0.1) is 0 Å². The van der Waals surface area contributed by atoms with Crippen LogP contribution in [0.5, 0.6) is 11.5 Å². The number of anilines is 2. The average Bonchev–Trinajstić information content (AvgIpc) is 3.24. The second-order valence-corrected chi connectivity index (χ2v) is 8.72. The summed E-state index contributed by atoms with van der Waals surface area (Å²) < 4.78 is 37.7. The molecule has 0 fully saturated rings. The number of ether oxygens (including phenoxy) is 2. The van der Waals surface area contributed by atoms with E-state index in [1.165, 1.54) is 29.7 Å². The SMILES string of the molecule is COc1ccc(OCCCC(=O)Nc2ccc(S(=O)(=O)Nc3nccs3)cc2)cc1. The highest BCUT2D eigenvalue weighted by Gasteiger charge is 2.15. The highest BCUT2D eigenvalue weighted by atomic mass is 32.2. The molecule has 0 bridgehead atoms. The summed E-state index contributed by atoms with van der Waals surface area (Å²) in [4.78, 5) is 16.1. The first-order valence-corrected chi connectivity index (χ1v) is 11.4. The van der Waals surface area contributed by atoms with Gasteiger partial charge in [0, 0.05) is 23.7 Å². The van der Waals surface area contributed by atoms with E-state index in [0.29, 0.717) is 29.6 Å². The van der Waals surface area contributed by atoms with Crippen molar-refractivity contribution in [3.63, 3.8) is 0 Å². The summed E-state index contributed by atoms with van der Waals surface area (Å²) >= 11 is 1.19. The Morgan fingerprint density at radius 2 is 1.77 bits per heavy atom. The van der Waals surface area contributed by atoms with Crippen LogP contribution in [-0.2, 0) is 14.8 Å². The second kappa shape index (κ2) is 10.1. The van der Waals surface area contributed by atoms with Crippen molar-refractivity contribution < 1.29 is 22.7 Å². The van der Waals surface area contributed by atoms with Crippen molar-refractivity contribution in [1.29, 1.82) is 0 Å². The predicted molar refractivity (Wildman–Crippen MR) is 116 cm³/mol.